The molecule has 0 spiro atoms. The van der Waals surface area contributed by atoms with Gasteiger partial charge in [0.2, 0.25) is 6.41 Å². The van der Waals surface area contributed by atoms with Crippen LogP contribution in [0.2, 0.25) is 0 Å². The van der Waals surface area contributed by atoms with Crippen molar-refractivity contribution >= 4 is 6.41 Å². The molecular formula is C7H15NO2. The Morgan fingerprint density at radius 3 is 2.50 bits per heavy atom. The molecule has 1 unspecified atom stereocenters. The summed E-state index contributed by atoms with van der Waals surface area (Å²) in [6, 6.07) is 0. The maximum atomic E-state index is 9.87. The van der Waals surface area contributed by atoms with Crippen LogP contribution in [0.25, 0.3) is 0 Å². The normalized spacial score (nSPS) is 13.2. The Morgan fingerprint density at radius 1 is 1.50 bits per heavy atom. The Balaban J connectivity index is 3.20. The molecule has 0 saturated heterocycles. The third-order valence-corrected chi connectivity index (χ3v) is 0.982. The monoisotopic (exact) mass is 145 g/mol. The lowest BCUT2D eigenvalue weighted by Gasteiger charge is -2.12. The van der Waals surface area contributed by atoms with Gasteiger partial charge < -0.3 is 10.1 Å². The molecule has 0 aromatic carbocycles. The van der Waals surface area contributed by atoms with Gasteiger partial charge in [-0.15, -0.1) is 0 Å². The van der Waals surface area contributed by atoms with Gasteiger partial charge in [0.25, 0.3) is 0 Å². The first kappa shape index (κ1) is 9.43. The Bertz CT molecular complexity index is 93.6. The number of ether oxygens (including phenoxy) is 1. The summed E-state index contributed by atoms with van der Waals surface area (Å²) >= 11 is 0. The number of nitrogens with one attached hydrogen (secondary N) is 1. The Labute approximate surface area is 61.8 Å². The summed E-state index contributed by atoms with van der Waals surface area (Å²) in [6.07, 6.45) is 0.477. The molecule has 0 radical (unpaired) electrons. The zero-order valence-electron chi connectivity index (χ0n) is 6.76. The standard InChI is InChI=1S/C7H15NO2/c1-6(2)4-10-7(3)8-5-9/h5-7H,4H2,1-3H3,(H,8,9). The van der Waals surface area contributed by atoms with Crippen LogP contribution < -0.4 is 5.32 Å². The molecule has 3 heteroatoms. The van der Waals surface area contributed by atoms with Crippen molar-refractivity contribution in [3.8, 4) is 0 Å². The van der Waals surface area contributed by atoms with E-state index < -0.39 is 0 Å². The van der Waals surface area contributed by atoms with Gasteiger partial charge in [0.1, 0.15) is 6.23 Å². The second-order valence-electron chi connectivity index (χ2n) is 2.65. The highest BCUT2D eigenvalue weighted by atomic mass is 16.5. The van der Waals surface area contributed by atoms with E-state index >= 15 is 0 Å². The first-order valence-electron chi connectivity index (χ1n) is 3.48. The van der Waals surface area contributed by atoms with Gasteiger partial charge in [0, 0.05) is 0 Å². The molecule has 0 fully saturated rings. The second-order valence-corrected chi connectivity index (χ2v) is 2.65. The zero-order valence-corrected chi connectivity index (χ0v) is 6.76. The van der Waals surface area contributed by atoms with Gasteiger partial charge in [-0.05, 0) is 12.8 Å². The van der Waals surface area contributed by atoms with Crippen molar-refractivity contribution in [2.75, 3.05) is 6.61 Å². The highest BCUT2D eigenvalue weighted by Gasteiger charge is 1.99. The Kier molecular flexibility index (Phi) is 4.94. The van der Waals surface area contributed by atoms with E-state index in [-0.39, 0.29) is 6.23 Å². The fourth-order valence-electron chi connectivity index (χ4n) is 0.481. The van der Waals surface area contributed by atoms with Crippen LogP contribution in [0, 0.1) is 5.92 Å². The van der Waals surface area contributed by atoms with Crippen molar-refractivity contribution in [1.29, 1.82) is 0 Å². The average Bonchev–Trinajstić information content (AvgIpc) is 1.85. The van der Waals surface area contributed by atoms with Crippen molar-refractivity contribution in [1.82, 2.24) is 5.32 Å². The number of carbonyl (C=O) groups is 1. The van der Waals surface area contributed by atoms with Crippen LogP contribution in [0.4, 0.5) is 0 Å². The topological polar surface area (TPSA) is 38.3 Å². The van der Waals surface area contributed by atoms with Crippen molar-refractivity contribution in [2.45, 2.75) is 27.0 Å². The maximum Gasteiger partial charge on any atom is 0.209 e. The van der Waals surface area contributed by atoms with Crippen molar-refractivity contribution < 1.29 is 9.53 Å². The number of hydrogen-bond donors (Lipinski definition) is 1. The summed E-state index contributed by atoms with van der Waals surface area (Å²) in [6.45, 7) is 6.61. The molecule has 1 amide bonds. The smallest absolute Gasteiger partial charge is 0.209 e. The minimum Gasteiger partial charge on any atom is -0.359 e. The lowest BCUT2D eigenvalue weighted by Crippen LogP contribution is -2.28. The fraction of sp³-hybridized carbons (Fsp3) is 0.857. The summed E-state index contributed by atoms with van der Waals surface area (Å²) < 4.78 is 5.20. The van der Waals surface area contributed by atoms with Crippen LogP contribution in [0.5, 0.6) is 0 Å². The van der Waals surface area contributed by atoms with Crippen molar-refractivity contribution in [2.24, 2.45) is 5.92 Å². The molecule has 0 rings (SSSR count). The predicted octanol–water partition coefficient (Wildman–Crippen LogP) is 0.751. The summed E-state index contributed by atoms with van der Waals surface area (Å²) in [7, 11) is 0. The molecule has 0 aromatic rings. The van der Waals surface area contributed by atoms with Gasteiger partial charge in [0.05, 0.1) is 6.61 Å². The molecule has 1 N–H and O–H groups in total. The number of amides is 1. The van der Waals surface area contributed by atoms with Crippen LogP contribution in [-0.4, -0.2) is 19.2 Å². The average molecular weight is 145 g/mol. The van der Waals surface area contributed by atoms with Crippen LogP contribution >= 0.6 is 0 Å². The second kappa shape index (κ2) is 5.23. The van der Waals surface area contributed by atoms with Gasteiger partial charge in [-0.1, -0.05) is 13.8 Å². The summed E-state index contributed by atoms with van der Waals surface area (Å²) in [5.74, 6) is 0.510. The highest BCUT2D eigenvalue weighted by Crippen LogP contribution is 1.94. The van der Waals surface area contributed by atoms with E-state index in [1.807, 2.05) is 0 Å². The van der Waals surface area contributed by atoms with Gasteiger partial charge in [0.15, 0.2) is 0 Å². The van der Waals surface area contributed by atoms with E-state index in [9.17, 15) is 4.79 Å². The molecule has 3 nitrogen and oxygen atoms in total. The maximum absolute atomic E-state index is 9.87. The van der Waals surface area contributed by atoms with E-state index in [4.69, 9.17) is 4.74 Å². The number of carbonyl (C=O) groups excluding carboxylic acids is 1. The lowest BCUT2D eigenvalue weighted by molar-refractivity contribution is -0.113. The molecule has 0 bridgehead atoms. The molecule has 0 aliphatic carbocycles. The Hall–Kier alpha value is -0.570. The van der Waals surface area contributed by atoms with Gasteiger partial charge >= 0.3 is 0 Å². The first-order chi connectivity index (χ1) is 4.66. The molecule has 0 aliphatic heterocycles. The molecule has 60 valence electrons. The molecule has 0 aromatic heterocycles. The molecule has 0 saturated carbocycles. The Morgan fingerprint density at radius 2 is 2.10 bits per heavy atom. The molecule has 10 heavy (non-hydrogen) atoms. The zero-order chi connectivity index (χ0) is 7.98. The van der Waals surface area contributed by atoms with E-state index in [2.05, 4.69) is 19.2 Å². The van der Waals surface area contributed by atoms with Crippen LogP contribution in [-0.2, 0) is 9.53 Å². The minimum atomic E-state index is -0.167. The van der Waals surface area contributed by atoms with Crippen molar-refractivity contribution in [3.63, 3.8) is 0 Å². The van der Waals surface area contributed by atoms with E-state index in [1.165, 1.54) is 0 Å². The SMILES string of the molecule is CC(C)COC(C)NC=O. The minimum absolute atomic E-state index is 0.167. The van der Waals surface area contributed by atoms with Crippen LogP contribution in [0.1, 0.15) is 20.8 Å². The van der Waals surface area contributed by atoms with Crippen LogP contribution in [0.3, 0.4) is 0 Å². The molecule has 0 heterocycles. The highest BCUT2D eigenvalue weighted by molar-refractivity contribution is 5.46. The van der Waals surface area contributed by atoms with E-state index in [0.29, 0.717) is 18.9 Å². The molecule has 1 atom stereocenters. The largest absolute Gasteiger partial charge is 0.359 e. The fourth-order valence-corrected chi connectivity index (χ4v) is 0.481. The number of rotatable bonds is 5. The van der Waals surface area contributed by atoms with Gasteiger partial charge in [-0.25, -0.2) is 0 Å². The van der Waals surface area contributed by atoms with Crippen LogP contribution in [0.15, 0.2) is 0 Å². The van der Waals surface area contributed by atoms with Gasteiger partial charge in [-0.2, -0.15) is 0 Å². The lowest BCUT2D eigenvalue weighted by atomic mass is 10.2. The van der Waals surface area contributed by atoms with Gasteiger partial charge in [-0.3, -0.25) is 4.79 Å². The quantitative estimate of drug-likeness (QED) is 0.458. The summed E-state index contributed by atoms with van der Waals surface area (Å²) in [5.41, 5.74) is 0. The first-order valence-corrected chi connectivity index (χ1v) is 3.48. The summed E-state index contributed by atoms with van der Waals surface area (Å²) in [4.78, 5) is 9.87. The third-order valence-electron chi connectivity index (χ3n) is 0.982. The van der Waals surface area contributed by atoms with E-state index in [1.54, 1.807) is 6.92 Å². The molecular weight excluding hydrogens is 130 g/mol. The molecule has 0 aliphatic rings. The summed E-state index contributed by atoms with van der Waals surface area (Å²) in [5, 5.41) is 2.50. The third kappa shape index (κ3) is 5.56. The van der Waals surface area contributed by atoms with E-state index in [0.717, 1.165) is 0 Å². The van der Waals surface area contributed by atoms with Crippen molar-refractivity contribution in [3.05, 3.63) is 0 Å². The number of hydrogen-bond acceptors (Lipinski definition) is 2. The predicted molar refractivity (Wildman–Crippen MR) is 39.5 cm³/mol.